The van der Waals surface area contributed by atoms with Crippen LogP contribution in [0.5, 0.6) is 0 Å². The van der Waals surface area contributed by atoms with Crippen molar-refractivity contribution in [3.63, 3.8) is 0 Å². The van der Waals surface area contributed by atoms with E-state index >= 15 is 0 Å². The molecule has 0 fully saturated rings. The van der Waals surface area contributed by atoms with E-state index in [1.165, 1.54) is 29.6 Å². The van der Waals surface area contributed by atoms with Gasteiger partial charge in [0.15, 0.2) is 0 Å². The molecule has 1 aliphatic rings. The number of halogens is 10. The summed E-state index contributed by atoms with van der Waals surface area (Å²) in [5.74, 6) is -2.88. The van der Waals surface area contributed by atoms with Crippen molar-refractivity contribution in [2.45, 2.75) is 37.1 Å². The lowest BCUT2D eigenvalue weighted by molar-refractivity contribution is -0.276. The zero-order chi connectivity index (χ0) is 31.1. The van der Waals surface area contributed by atoms with E-state index in [4.69, 9.17) is 16.4 Å². The van der Waals surface area contributed by atoms with Crippen LogP contribution < -0.4 is 10.6 Å². The lowest BCUT2D eigenvalue weighted by Crippen LogP contribution is -2.43. The summed E-state index contributed by atoms with van der Waals surface area (Å²) in [6.45, 7) is -2.05. The second-order valence-electron chi connectivity index (χ2n) is 9.16. The average molecular weight is 626 g/mol. The van der Waals surface area contributed by atoms with Crippen LogP contribution in [0.4, 0.5) is 39.5 Å². The third kappa shape index (κ3) is 6.40. The summed E-state index contributed by atoms with van der Waals surface area (Å²) in [4.78, 5) is 28.5. The molecule has 0 spiro atoms. The largest absolute Gasteiger partial charge is 0.435 e. The molecule has 0 bridgehead atoms. The van der Waals surface area contributed by atoms with Gasteiger partial charge in [-0.15, -0.1) is 0 Å². The van der Waals surface area contributed by atoms with Crippen molar-refractivity contribution in [2.75, 3.05) is 6.54 Å². The normalized spacial score (nSPS) is 17.5. The molecule has 1 unspecified atom stereocenters. The number of hydrogen-bond acceptors (Lipinski definition) is 4. The summed E-state index contributed by atoms with van der Waals surface area (Å²) in [5, 5.41) is 7.28. The van der Waals surface area contributed by atoms with Crippen molar-refractivity contribution in [1.29, 1.82) is 0 Å². The van der Waals surface area contributed by atoms with Crippen LogP contribution in [0.15, 0.2) is 59.8 Å². The molecule has 0 radical (unpaired) electrons. The molecule has 2 amide bonds. The monoisotopic (exact) mass is 625 g/mol. The number of benzene rings is 3. The van der Waals surface area contributed by atoms with Crippen LogP contribution in [0.1, 0.15) is 28.7 Å². The Labute approximate surface area is 235 Å². The van der Waals surface area contributed by atoms with E-state index in [0.717, 1.165) is 6.07 Å². The number of fused-ring (bicyclic) bond motifs is 1. The number of nitrogens with zero attached hydrogens (tertiary/aromatic N) is 1. The molecule has 16 heteroatoms. The Morgan fingerprint density at radius 2 is 1.52 bits per heavy atom. The maximum Gasteiger partial charge on any atom is 0.435 e. The Morgan fingerprint density at radius 3 is 2.14 bits per heavy atom. The van der Waals surface area contributed by atoms with Crippen LogP contribution in [0.2, 0.25) is 5.02 Å². The first-order valence-electron chi connectivity index (χ1n) is 11.7. The van der Waals surface area contributed by atoms with Gasteiger partial charge in [0.2, 0.25) is 0 Å². The number of carbonyl (C=O) groups excluding carboxylic acids is 2. The first-order valence-corrected chi connectivity index (χ1v) is 12.1. The average Bonchev–Trinajstić information content (AvgIpc) is 3.36. The summed E-state index contributed by atoms with van der Waals surface area (Å²) < 4.78 is 120. The van der Waals surface area contributed by atoms with Crippen molar-refractivity contribution in [1.82, 2.24) is 10.6 Å². The first-order chi connectivity index (χ1) is 19.4. The zero-order valence-electron chi connectivity index (χ0n) is 20.8. The number of nitrogens with one attached hydrogen (secondary N) is 2. The van der Waals surface area contributed by atoms with Crippen molar-refractivity contribution in [3.05, 3.63) is 81.9 Å². The standard InChI is InChI=1S/C26H17ClF9N3O3/c27-16-8-14(7-15(9-16)25(31,32)33)23(26(34,35)36)10-20(39-42-23)19-6-5-13(17-3-1-2-4-18(17)19)11-37-21(40)22(41)38-12-24(28,29)30/h1-9H,10-12H2,(H,37,40)(H,38,41). The van der Waals surface area contributed by atoms with Crippen molar-refractivity contribution >= 4 is 39.9 Å². The highest BCUT2D eigenvalue weighted by molar-refractivity contribution is 6.35. The molecule has 6 nitrogen and oxygen atoms in total. The fourth-order valence-corrected chi connectivity index (χ4v) is 4.55. The number of hydrogen-bond donors (Lipinski definition) is 2. The molecule has 0 saturated carbocycles. The number of rotatable bonds is 5. The molecule has 1 heterocycles. The maximum absolute atomic E-state index is 14.4. The van der Waals surface area contributed by atoms with Gasteiger partial charge in [0, 0.05) is 29.1 Å². The summed E-state index contributed by atoms with van der Waals surface area (Å²) in [6, 6.07) is 10.3. The predicted molar refractivity (Wildman–Crippen MR) is 131 cm³/mol. The van der Waals surface area contributed by atoms with Crippen molar-refractivity contribution < 1.29 is 53.9 Å². The highest BCUT2D eigenvalue weighted by Gasteiger charge is 2.62. The molecule has 2 N–H and O–H groups in total. The van der Waals surface area contributed by atoms with Crippen LogP contribution in [0.3, 0.4) is 0 Å². The lowest BCUT2D eigenvalue weighted by Gasteiger charge is -2.30. The summed E-state index contributed by atoms with van der Waals surface area (Å²) in [6.07, 6.45) is -16.0. The highest BCUT2D eigenvalue weighted by atomic mass is 35.5. The van der Waals surface area contributed by atoms with Crippen LogP contribution >= 0.6 is 11.6 Å². The molecule has 3 aromatic carbocycles. The van der Waals surface area contributed by atoms with Gasteiger partial charge in [-0.2, -0.15) is 39.5 Å². The molecule has 0 aromatic heterocycles. The Bertz CT molecular complexity index is 1570. The second-order valence-corrected chi connectivity index (χ2v) is 9.59. The lowest BCUT2D eigenvalue weighted by atomic mass is 9.84. The predicted octanol–water partition coefficient (Wildman–Crippen LogP) is 6.39. The van der Waals surface area contributed by atoms with E-state index in [1.54, 1.807) is 12.1 Å². The van der Waals surface area contributed by atoms with E-state index in [1.807, 2.05) is 0 Å². The third-order valence-electron chi connectivity index (χ3n) is 6.30. The van der Waals surface area contributed by atoms with Crippen molar-refractivity contribution in [2.24, 2.45) is 5.16 Å². The molecule has 1 aliphatic heterocycles. The molecule has 42 heavy (non-hydrogen) atoms. The Balaban J connectivity index is 1.64. The summed E-state index contributed by atoms with van der Waals surface area (Å²) in [5.41, 5.74) is -5.37. The quantitative estimate of drug-likeness (QED) is 0.255. The fraction of sp³-hybridized carbons (Fsp3) is 0.269. The fourth-order valence-electron chi connectivity index (χ4n) is 4.32. The Kier molecular flexibility index (Phi) is 8.10. The van der Waals surface area contributed by atoms with Gasteiger partial charge in [-0.3, -0.25) is 9.59 Å². The van der Waals surface area contributed by atoms with Crippen LogP contribution in [0.25, 0.3) is 10.8 Å². The van der Waals surface area contributed by atoms with Gasteiger partial charge in [0.05, 0.1) is 11.3 Å². The first kappa shape index (κ1) is 30.9. The van der Waals surface area contributed by atoms with E-state index in [9.17, 15) is 49.1 Å². The Morgan fingerprint density at radius 1 is 0.881 bits per heavy atom. The van der Waals surface area contributed by atoms with E-state index in [0.29, 0.717) is 28.5 Å². The third-order valence-corrected chi connectivity index (χ3v) is 6.52. The minimum absolute atomic E-state index is 0.132. The highest BCUT2D eigenvalue weighted by Crippen LogP contribution is 2.50. The topological polar surface area (TPSA) is 79.8 Å². The van der Waals surface area contributed by atoms with Crippen LogP contribution in [-0.2, 0) is 32.7 Å². The Hall–Kier alpha value is -4.01. The molecule has 1 atom stereocenters. The van der Waals surface area contributed by atoms with Gasteiger partial charge in [-0.25, -0.2) is 0 Å². The van der Waals surface area contributed by atoms with Crippen LogP contribution in [-0.4, -0.2) is 36.4 Å². The summed E-state index contributed by atoms with van der Waals surface area (Å²) in [7, 11) is 0. The van der Waals surface area contributed by atoms with Crippen LogP contribution in [0, 0.1) is 0 Å². The minimum Gasteiger partial charge on any atom is -0.374 e. The second kappa shape index (κ2) is 11.0. The van der Waals surface area contributed by atoms with E-state index in [2.05, 4.69) is 10.5 Å². The summed E-state index contributed by atoms with van der Waals surface area (Å²) >= 11 is 5.74. The van der Waals surface area contributed by atoms with Gasteiger partial charge in [-0.1, -0.05) is 53.2 Å². The molecular formula is C26H17ClF9N3O3. The number of alkyl halides is 9. The van der Waals surface area contributed by atoms with Gasteiger partial charge in [0.25, 0.3) is 5.60 Å². The number of oxime groups is 1. The molecule has 224 valence electrons. The van der Waals surface area contributed by atoms with Gasteiger partial charge < -0.3 is 15.5 Å². The molecular weight excluding hydrogens is 609 g/mol. The van der Waals surface area contributed by atoms with E-state index < -0.39 is 65.1 Å². The maximum atomic E-state index is 14.4. The minimum atomic E-state index is -5.22. The molecule has 0 aliphatic carbocycles. The van der Waals surface area contributed by atoms with Gasteiger partial charge in [-0.05, 0) is 34.5 Å². The van der Waals surface area contributed by atoms with Crippen molar-refractivity contribution in [3.8, 4) is 0 Å². The molecule has 4 rings (SSSR count). The van der Waals surface area contributed by atoms with Gasteiger partial charge >= 0.3 is 30.3 Å². The molecule has 0 saturated heterocycles. The van der Waals surface area contributed by atoms with E-state index in [-0.39, 0.29) is 17.8 Å². The smallest absolute Gasteiger partial charge is 0.374 e. The molecule has 3 aromatic rings. The number of carbonyl (C=O) groups is 2. The number of amides is 2. The zero-order valence-corrected chi connectivity index (χ0v) is 21.5. The van der Waals surface area contributed by atoms with Gasteiger partial charge in [0.1, 0.15) is 6.54 Å². The SMILES string of the molecule is O=C(NCc1ccc(C2=NOC(c3cc(Cl)cc(C(F)(F)F)c3)(C(F)(F)F)C2)c2ccccc12)C(=O)NCC(F)(F)F.